The van der Waals surface area contributed by atoms with Crippen molar-refractivity contribution in [3.05, 3.63) is 6.58 Å². The van der Waals surface area contributed by atoms with Crippen molar-refractivity contribution in [1.82, 2.24) is 0 Å². The minimum Gasteiger partial charge on any atom is -0.240 e. The Kier molecular flexibility index (Phi) is 2.70. The molecule has 2 atom stereocenters. The Labute approximate surface area is 62.9 Å². The maximum Gasteiger partial charge on any atom is 0.0596 e. The highest BCUT2D eigenvalue weighted by molar-refractivity contribution is 5.46. The van der Waals surface area contributed by atoms with Gasteiger partial charge in [0.05, 0.1) is 6.04 Å². The Morgan fingerprint density at radius 2 is 2.30 bits per heavy atom. The summed E-state index contributed by atoms with van der Waals surface area (Å²) in [6.45, 7) is 5.78. The summed E-state index contributed by atoms with van der Waals surface area (Å²) < 4.78 is 0. The third kappa shape index (κ3) is 2.00. The molecule has 0 aromatic heterocycles. The number of aliphatic imine (C=N–C) groups is 1. The quantitative estimate of drug-likeness (QED) is 0.492. The topological polar surface area (TPSA) is 12.4 Å². The molecule has 1 nitrogen and oxygen atoms in total. The van der Waals surface area contributed by atoms with Crippen LogP contribution >= 0.6 is 0 Å². The fourth-order valence-electron chi connectivity index (χ4n) is 1.65. The van der Waals surface area contributed by atoms with Crippen LogP contribution in [0.5, 0.6) is 0 Å². The summed E-state index contributed by atoms with van der Waals surface area (Å²) in [5.74, 6) is 3.49. The van der Waals surface area contributed by atoms with Gasteiger partial charge in [-0.3, -0.25) is 0 Å². The first-order valence-corrected chi connectivity index (χ1v) is 4.05. The second-order valence-electron chi connectivity index (χ2n) is 3.21. The van der Waals surface area contributed by atoms with E-state index in [1.165, 1.54) is 25.7 Å². The van der Waals surface area contributed by atoms with E-state index in [1.807, 2.05) is 0 Å². The second kappa shape index (κ2) is 3.58. The highest BCUT2D eigenvalue weighted by Crippen LogP contribution is 2.25. The van der Waals surface area contributed by atoms with Crippen LogP contribution in [0.25, 0.3) is 0 Å². The van der Waals surface area contributed by atoms with Crippen molar-refractivity contribution in [2.75, 3.05) is 0 Å². The zero-order valence-corrected chi connectivity index (χ0v) is 6.64. The van der Waals surface area contributed by atoms with Gasteiger partial charge in [-0.1, -0.05) is 19.8 Å². The van der Waals surface area contributed by atoms with Gasteiger partial charge in [-0.2, -0.15) is 0 Å². The minimum atomic E-state index is 0.529. The van der Waals surface area contributed by atoms with Gasteiger partial charge in [0, 0.05) is 0 Å². The Morgan fingerprint density at radius 3 is 2.90 bits per heavy atom. The molecular weight excluding hydrogens is 122 g/mol. The third-order valence-electron chi connectivity index (χ3n) is 2.18. The molecule has 0 aromatic carbocycles. The molecule has 10 heavy (non-hydrogen) atoms. The molecule has 0 amide bonds. The Balaban J connectivity index is 2.39. The Morgan fingerprint density at radius 1 is 1.50 bits per heavy atom. The molecule has 1 fully saturated rings. The molecule has 0 bridgehead atoms. The number of hydrogen-bond acceptors (Lipinski definition) is 1. The van der Waals surface area contributed by atoms with Crippen molar-refractivity contribution in [3.63, 3.8) is 0 Å². The summed E-state index contributed by atoms with van der Waals surface area (Å²) in [4.78, 5) is 4.17. The van der Waals surface area contributed by atoms with Crippen molar-refractivity contribution in [2.24, 2.45) is 10.9 Å². The highest BCUT2D eigenvalue weighted by atomic mass is 14.8. The summed E-state index contributed by atoms with van der Waals surface area (Å²) in [6.07, 6.45) is 5.19. The van der Waals surface area contributed by atoms with Crippen LogP contribution in [0.1, 0.15) is 32.6 Å². The van der Waals surface area contributed by atoms with Crippen LogP contribution in [-0.2, 0) is 0 Å². The lowest BCUT2D eigenvalue weighted by atomic mass is 9.87. The smallest absolute Gasteiger partial charge is 0.0596 e. The second-order valence-corrected chi connectivity index (χ2v) is 3.21. The molecule has 1 aliphatic carbocycles. The monoisotopic (exact) mass is 137 g/mol. The van der Waals surface area contributed by atoms with Gasteiger partial charge in [0.15, 0.2) is 0 Å². The van der Waals surface area contributed by atoms with E-state index in [9.17, 15) is 0 Å². The van der Waals surface area contributed by atoms with E-state index in [0.717, 1.165) is 5.92 Å². The third-order valence-corrected chi connectivity index (χ3v) is 2.18. The lowest BCUT2D eigenvalue weighted by Gasteiger charge is -2.22. The van der Waals surface area contributed by atoms with Crippen molar-refractivity contribution >= 4 is 5.87 Å². The molecule has 0 N–H and O–H groups in total. The van der Waals surface area contributed by atoms with Crippen LogP contribution in [0, 0.1) is 5.92 Å². The fourth-order valence-corrected chi connectivity index (χ4v) is 1.65. The molecule has 1 saturated carbocycles. The predicted molar refractivity (Wildman–Crippen MR) is 44.5 cm³/mol. The summed E-state index contributed by atoms with van der Waals surface area (Å²) >= 11 is 0. The first-order chi connectivity index (χ1) is 4.83. The van der Waals surface area contributed by atoms with Gasteiger partial charge in [-0.15, -0.1) is 0 Å². The molecule has 1 heteroatoms. The largest absolute Gasteiger partial charge is 0.240 e. The average Bonchev–Trinajstić information content (AvgIpc) is 1.88. The van der Waals surface area contributed by atoms with E-state index in [4.69, 9.17) is 0 Å². The average molecular weight is 137 g/mol. The molecule has 0 aliphatic heterocycles. The molecule has 0 saturated heterocycles. The normalized spacial score (nSPS) is 32.9. The lowest BCUT2D eigenvalue weighted by molar-refractivity contribution is 0.346. The molecule has 0 heterocycles. The summed E-state index contributed by atoms with van der Waals surface area (Å²) in [7, 11) is 0. The van der Waals surface area contributed by atoms with Crippen molar-refractivity contribution < 1.29 is 0 Å². The van der Waals surface area contributed by atoms with Crippen LogP contribution in [0.2, 0.25) is 0 Å². The van der Waals surface area contributed by atoms with Gasteiger partial charge in [0.1, 0.15) is 0 Å². The van der Waals surface area contributed by atoms with Crippen LogP contribution < -0.4 is 0 Å². The first kappa shape index (κ1) is 7.56. The SMILES string of the molecule is C=C=NC1CCCC(C)C1. The molecule has 1 rings (SSSR count). The van der Waals surface area contributed by atoms with Gasteiger partial charge in [-0.05, 0) is 31.2 Å². The standard InChI is InChI=1S/C9H15N/c1-3-10-9-6-4-5-8(2)7-9/h8-9H,1,4-7H2,2H3. The van der Waals surface area contributed by atoms with E-state index in [2.05, 4.69) is 24.4 Å². The van der Waals surface area contributed by atoms with Gasteiger partial charge < -0.3 is 0 Å². The maximum absolute atomic E-state index is 4.17. The Hall–Kier alpha value is -0.550. The van der Waals surface area contributed by atoms with E-state index in [0.29, 0.717) is 6.04 Å². The molecule has 0 radical (unpaired) electrons. The molecule has 2 unspecified atom stereocenters. The zero-order chi connectivity index (χ0) is 7.40. The Bertz CT molecular complexity index is 145. The van der Waals surface area contributed by atoms with Crippen LogP contribution in [0.4, 0.5) is 0 Å². The molecule has 1 aliphatic rings. The maximum atomic E-state index is 4.17. The van der Waals surface area contributed by atoms with E-state index >= 15 is 0 Å². The van der Waals surface area contributed by atoms with E-state index in [-0.39, 0.29) is 0 Å². The molecule has 0 aromatic rings. The van der Waals surface area contributed by atoms with Crippen molar-refractivity contribution in [1.29, 1.82) is 0 Å². The van der Waals surface area contributed by atoms with Gasteiger partial charge in [0.2, 0.25) is 0 Å². The summed E-state index contributed by atoms with van der Waals surface area (Å²) in [5.41, 5.74) is 0. The van der Waals surface area contributed by atoms with Crippen LogP contribution in [-0.4, -0.2) is 11.9 Å². The number of rotatable bonds is 1. The van der Waals surface area contributed by atoms with Crippen molar-refractivity contribution in [3.8, 4) is 0 Å². The molecular formula is C9H15N. The minimum absolute atomic E-state index is 0.529. The summed E-state index contributed by atoms with van der Waals surface area (Å²) in [5, 5.41) is 0. The van der Waals surface area contributed by atoms with E-state index < -0.39 is 0 Å². The van der Waals surface area contributed by atoms with Crippen LogP contribution in [0.3, 0.4) is 0 Å². The summed E-state index contributed by atoms with van der Waals surface area (Å²) in [6, 6.07) is 0.529. The lowest BCUT2D eigenvalue weighted by Crippen LogP contribution is -2.15. The highest BCUT2D eigenvalue weighted by Gasteiger charge is 2.16. The van der Waals surface area contributed by atoms with Crippen LogP contribution in [0.15, 0.2) is 11.6 Å². The van der Waals surface area contributed by atoms with Gasteiger partial charge >= 0.3 is 0 Å². The molecule has 0 spiro atoms. The first-order valence-electron chi connectivity index (χ1n) is 4.05. The van der Waals surface area contributed by atoms with E-state index in [1.54, 1.807) is 0 Å². The zero-order valence-electron chi connectivity index (χ0n) is 6.64. The number of nitrogens with zero attached hydrogens (tertiary/aromatic N) is 1. The van der Waals surface area contributed by atoms with Gasteiger partial charge in [0.25, 0.3) is 0 Å². The number of hydrogen-bond donors (Lipinski definition) is 0. The molecule has 56 valence electrons. The predicted octanol–water partition coefficient (Wildman–Crippen LogP) is 2.42. The van der Waals surface area contributed by atoms with Crippen molar-refractivity contribution in [2.45, 2.75) is 38.6 Å². The van der Waals surface area contributed by atoms with Gasteiger partial charge in [-0.25, -0.2) is 4.99 Å². The fraction of sp³-hybridized carbons (Fsp3) is 0.778.